The second kappa shape index (κ2) is 6.67. The molecule has 1 aromatic rings. The highest BCUT2D eigenvalue weighted by atomic mass is 35.5. The van der Waals surface area contributed by atoms with Crippen LogP contribution in [0.25, 0.3) is 0 Å². The van der Waals surface area contributed by atoms with Crippen LogP contribution in [0.5, 0.6) is 11.5 Å². The molecule has 2 amide bonds. The van der Waals surface area contributed by atoms with Crippen molar-refractivity contribution in [2.75, 3.05) is 26.1 Å². The molecule has 1 heterocycles. The number of rotatable bonds is 4. The van der Waals surface area contributed by atoms with E-state index in [1.165, 1.54) is 14.2 Å². The van der Waals surface area contributed by atoms with E-state index in [1.54, 1.807) is 12.1 Å². The van der Waals surface area contributed by atoms with E-state index in [1.807, 2.05) is 0 Å². The molecule has 2 N–H and O–H groups in total. The van der Waals surface area contributed by atoms with Crippen LogP contribution in [0.15, 0.2) is 12.1 Å². The van der Waals surface area contributed by atoms with Gasteiger partial charge in [-0.25, -0.2) is 4.79 Å². The number of hydrogen-bond acceptors (Lipinski definition) is 4. The van der Waals surface area contributed by atoms with E-state index in [-0.39, 0.29) is 12.3 Å². The highest BCUT2D eigenvalue weighted by Gasteiger charge is 2.19. The van der Waals surface area contributed by atoms with Crippen molar-refractivity contribution in [1.29, 1.82) is 0 Å². The molecule has 20 heavy (non-hydrogen) atoms. The van der Waals surface area contributed by atoms with E-state index in [0.29, 0.717) is 28.8 Å². The maximum atomic E-state index is 11.9. The molecule has 1 fully saturated rings. The van der Waals surface area contributed by atoms with Crippen molar-refractivity contribution in [2.45, 2.75) is 19.1 Å². The van der Waals surface area contributed by atoms with Crippen LogP contribution >= 0.6 is 11.6 Å². The third-order valence-electron chi connectivity index (χ3n) is 2.94. The van der Waals surface area contributed by atoms with Gasteiger partial charge in [-0.1, -0.05) is 11.6 Å². The van der Waals surface area contributed by atoms with Crippen molar-refractivity contribution in [3.8, 4) is 11.5 Å². The Morgan fingerprint density at radius 2 is 2.10 bits per heavy atom. The molecule has 1 aliphatic heterocycles. The van der Waals surface area contributed by atoms with Crippen molar-refractivity contribution >= 4 is 23.3 Å². The summed E-state index contributed by atoms with van der Waals surface area (Å²) in [6, 6.07) is 2.83. The van der Waals surface area contributed by atoms with E-state index in [9.17, 15) is 4.79 Å². The van der Waals surface area contributed by atoms with E-state index < -0.39 is 0 Å². The topological polar surface area (TPSA) is 68.8 Å². The fourth-order valence-electron chi connectivity index (χ4n) is 1.95. The van der Waals surface area contributed by atoms with Gasteiger partial charge in [-0.15, -0.1) is 0 Å². The summed E-state index contributed by atoms with van der Waals surface area (Å²) < 4.78 is 15.6. The first kappa shape index (κ1) is 14.7. The molecule has 110 valence electrons. The molecule has 7 heteroatoms. The summed E-state index contributed by atoms with van der Waals surface area (Å²) in [7, 11) is 3.01. The molecule has 0 aromatic heterocycles. The summed E-state index contributed by atoms with van der Waals surface area (Å²) >= 11 is 6.00. The second-order valence-corrected chi connectivity index (χ2v) is 4.69. The van der Waals surface area contributed by atoms with Gasteiger partial charge in [-0.2, -0.15) is 0 Å². The zero-order chi connectivity index (χ0) is 14.5. The average molecular weight is 301 g/mol. The molecule has 2 rings (SSSR count). The van der Waals surface area contributed by atoms with Gasteiger partial charge in [0.15, 0.2) is 0 Å². The molecular formula is C13H17ClN2O4. The normalized spacial score (nSPS) is 17.6. The number of benzene rings is 1. The minimum atomic E-state index is -0.362. The number of hydrogen-bond donors (Lipinski definition) is 2. The van der Waals surface area contributed by atoms with Crippen LogP contribution in [0, 0.1) is 0 Å². The molecule has 0 aliphatic carbocycles. The summed E-state index contributed by atoms with van der Waals surface area (Å²) in [5.41, 5.74) is 0.476. The summed E-state index contributed by atoms with van der Waals surface area (Å²) in [4.78, 5) is 11.9. The van der Waals surface area contributed by atoms with Gasteiger partial charge < -0.3 is 24.8 Å². The summed E-state index contributed by atoms with van der Waals surface area (Å²) in [5, 5.41) is 5.84. The van der Waals surface area contributed by atoms with Crippen LogP contribution < -0.4 is 20.1 Å². The van der Waals surface area contributed by atoms with Crippen LogP contribution in [0.1, 0.15) is 12.8 Å². The molecule has 1 aliphatic rings. The lowest BCUT2D eigenvalue weighted by Crippen LogP contribution is -2.37. The first-order valence-electron chi connectivity index (χ1n) is 6.24. The van der Waals surface area contributed by atoms with Crippen LogP contribution in [-0.4, -0.2) is 33.1 Å². The minimum absolute atomic E-state index is 0.241. The molecule has 1 atom stereocenters. The van der Waals surface area contributed by atoms with Crippen LogP contribution in [-0.2, 0) is 4.74 Å². The number of ether oxygens (including phenoxy) is 3. The molecule has 1 aromatic carbocycles. The van der Waals surface area contributed by atoms with Crippen molar-refractivity contribution in [3.63, 3.8) is 0 Å². The Morgan fingerprint density at radius 1 is 1.35 bits per heavy atom. The lowest BCUT2D eigenvalue weighted by atomic mass is 10.2. The molecular weight excluding hydrogens is 284 g/mol. The SMILES string of the molecule is COc1cc(NC(=O)NC2CCCO2)c(OC)cc1Cl. The predicted molar refractivity (Wildman–Crippen MR) is 75.7 cm³/mol. The standard InChI is InChI=1S/C13H17ClN2O4/c1-18-10-7-9(11(19-2)6-8(10)14)15-13(17)16-12-4-3-5-20-12/h6-7,12H,3-5H2,1-2H3,(H2,15,16,17). The molecule has 0 bridgehead atoms. The van der Waals surface area contributed by atoms with Crippen molar-refractivity contribution < 1.29 is 19.0 Å². The van der Waals surface area contributed by atoms with Gasteiger partial charge in [0, 0.05) is 18.7 Å². The highest BCUT2D eigenvalue weighted by molar-refractivity contribution is 6.32. The van der Waals surface area contributed by atoms with Gasteiger partial charge in [-0.05, 0) is 12.8 Å². The number of carbonyl (C=O) groups excluding carboxylic acids is 1. The Balaban J connectivity index is 2.08. The summed E-state index contributed by atoms with van der Waals surface area (Å²) in [6.45, 7) is 0.670. The Bertz CT molecular complexity index is 490. The van der Waals surface area contributed by atoms with Crippen LogP contribution in [0.2, 0.25) is 5.02 Å². The van der Waals surface area contributed by atoms with E-state index >= 15 is 0 Å². The first-order chi connectivity index (χ1) is 9.63. The van der Waals surface area contributed by atoms with Gasteiger partial charge in [-0.3, -0.25) is 0 Å². The Hall–Kier alpha value is -1.66. The highest BCUT2D eigenvalue weighted by Crippen LogP contribution is 2.35. The largest absolute Gasteiger partial charge is 0.495 e. The van der Waals surface area contributed by atoms with Gasteiger partial charge in [0.1, 0.15) is 17.7 Å². The van der Waals surface area contributed by atoms with Crippen molar-refractivity contribution in [1.82, 2.24) is 5.32 Å². The fourth-order valence-corrected chi connectivity index (χ4v) is 2.19. The summed E-state index contributed by atoms with van der Waals surface area (Å²) in [5.74, 6) is 0.915. The Labute approximate surface area is 122 Å². The number of urea groups is 1. The van der Waals surface area contributed by atoms with Gasteiger partial charge in [0.25, 0.3) is 0 Å². The van der Waals surface area contributed by atoms with Gasteiger partial charge in [0.05, 0.1) is 24.9 Å². The fraction of sp³-hybridized carbons (Fsp3) is 0.462. The number of halogens is 1. The molecule has 0 radical (unpaired) electrons. The third kappa shape index (κ3) is 3.46. The molecule has 1 unspecified atom stereocenters. The van der Waals surface area contributed by atoms with Crippen LogP contribution in [0.3, 0.4) is 0 Å². The second-order valence-electron chi connectivity index (χ2n) is 4.29. The zero-order valence-electron chi connectivity index (χ0n) is 11.4. The number of nitrogens with one attached hydrogen (secondary N) is 2. The van der Waals surface area contributed by atoms with Crippen LogP contribution in [0.4, 0.5) is 10.5 Å². The lowest BCUT2D eigenvalue weighted by Gasteiger charge is -2.16. The van der Waals surface area contributed by atoms with E-state index in [4.69, 9.17) is 25.8 Å². The maximum absolute atomic E-state index is 11.9. The molecule has 0 spiro atoms. The number of amides is 2. The predicted octanol–water partition coefficient (Wildman–Crippen LogP) is 2.62. The molecule has 0 saturated carbocycles. The molecule has 1 saturated heterocycles. The Kier molecular flexibility index (Phi) is 4.92. The van der Waals surface area contributed by atoms with Crippen molar-refractivity contribution in [3.05, 3.63) is 17.2 Å². The number of carbonyl (C=O) groups is 1. The lowest BCUT2D eigenvalue weighted by molar-refractivity contribution is 0.0928. The average Bonchev–Trinajstić information content (AvgIpc) is 2.92. The van der Waals surface area contributed by atoms with Crippen molar-refractivity contribution in [2.24, 2.45) is 0 Å². The van der Waals surface area contributed by atoms with Gasteiger partial charge >= 0.3 is 6.03 Å². The van der Waals surface area contributed by atoms with E-state index in [0.717, 1.165) is 12.8 Å². The monoisotopic (exact) mass is 300 g/mol. The minimum Gasteiger partial charge on any atom is -0.495 e. The van der Waals surface area contributed by atoms with Gasteiger partial charge in [0.2, 0.25) is 0 Å². The maximum Gasteiger partial charge on any atom is 0.321 e. The van der Waals surface area contributed by atoms with E-state index in [2.05, 4.69) is 10.6 Å². The first-order valence-corrected chi connectivity index (χ1v) is 6.62. The smallest absolute Gasteiger partial charge is 0.321 e. The quantitative estimate of drug-likeness (QED) is 0.897. The summed E-state index contributed by atoms with van der Waals surface area (Å²) in [6.07, 6.45) is 1.52. The Morgan fingerprint density at radius 3 is 2.70 bits per heavy atom. The molecule has 6 nitrogen and oxygen atoms in total. The number of anilines is 1. The number of methoxy groups -OCH3 is 2. The zero-order valence-corrected chi connectivity index (χ0v) is 12.1. The third-order valence-corrected chi connectivity index (χ3v) is 3.24.